The maximum atomic E-state index is 5.53. The molecule has 0 unspecified atom stereocenters. The lowest BCUT2D eigenvalue weighted by atomic mass is 9.77. The quantitative estimate of drug-likeness (QED) is 0.464. The molecule has 4 heteroatoms. The van der Waals surface area contributed by atoms with Crippen LogP contribution in [0.4, 0.5) is 5.82 Å². The third-order valence-electron chi connectivity index (χ3n) is 5.87. The lowest BCUT2D eigenvalue weighted by Gasteiger charge is -2.37. The van der Waals surface area contributed by atoms with Gasteiger partial charge in [0.25, 0.3) is 0 Å². The number of hydrogen-bond acceptors (Lipinski definition) is 3. The van der Waals surface area contributed by atoms with Crippen LogP contribution in [0.5, 0.6) is 0 Å². The Morgan fingerprint density at radius 3 is 1.60 bits per heavy atom. The molecule has 0 bridgehead atoms. The predicted molar refractivity (Wildman–Crippen MR) is 120 cm³/mol. The van der Waals surface area contributed by atoms with Gasteiger partial charge in [-0.2, -0.15) is 0 Å². The largest absolute Gasteiger partial charge is 0.378 e. The minimum absolute atomic E-state index is 0.513. The molecule has 2 heterocycles. The predicted octanol–water partition coefficient (Wildman–Crippen LogP) is 4.56. The van der Waals surface area contributed by atoms with Crippen LogP contribution in [0.1, 0.15) is 16.7 Å². The van der Waals surface area contributed by atoms with Gasteiger partial charge in [0.2, 0.25) is 0 Å². The zero-order chi connectivity index (χ0) is 20.2. The van der Waals surface area contributed by atoms with Crippen molar-refractivity contribution in [3.8, 4) is 0 Å². The number of ether oxygens (including phenoxy) is 1. The molecular weight excluding hydrogens is 370 g/mol. The first-order chi connectivity index (χ1) is 14.9. The number of hydrogen-bond donors (Lipinski definition) is 0. The maximum absolute atomic E-state index is 5.53. The Kier molecular flexibility index (Phi) is 5.08. The molecule has 1 aromatic heterocycles. The van der Waals surface area contributed by atoms with Crippen molar-refractivity contribution in [3.05, 3.63) is 120 Å². The SMILES string of the molecule is c1ccc(C(c2ccccc2)(c2ccccc2)n2cnc(N3CCOCC3)c2)cc1. The van der Waals surface area contributed by atoms with Gasteiger partial charge in [-0.1, -0.05) is 91.0 Å². The Labute approximate surface area is 177 Å². The van der Waals surface area contributed by atoms with E-state index in [-0.39, 0.29) is 0 Å². The van der Waals surface area contributed by atoms with Crippen molar-refractivity contribution < 1.29 is 4.74 Å². The summed E-state index contributed by atoms with van der Waals surface area (Å²) in [5.74, 6) is 0.991. The van der Waals surface area contributed by atoms with Crippen molar-refractivity contribution in [2.75, 3.05) is 31.2 Å². The van der Waals surface area contributed by atoms with E-state index in [0.29, 0.717) is 0 Å². The number of imidazole rings is 1. The summed E-state index contributed by atoms with van der Waals surface area (Å²) >= 11 is 0. The van der Waals surface area contributed by atoms with Crippen LogP contribution in [0.25, 0.3) is 0 Å². The van der Waals surface area contributed by atoms with Gasteiger partial charge in [0, 0.05) is 19.3 Å². The fourth-order valence-electron chi connectivity index (χ4n) is 4.44. The molecule has 4 nitrogen and oxygen atoms in total. The average Bonchev–Trinajstić information content (AvgIpc) is 3.33. The summed E-state index contributed by atoms with van der Waals surface area (Å²) in [6.45, 7) is 3.22. The van der Waals surface area contributed by atoms with Crippen molar-refractivity contribution in [3.63, 3.8) is 0 Å². The number of morpholine rings is 1. The number of nitrogens with zero attached hydrogens (tertiary/aromatic N) is 3. The first-order valence-electron chi connectivity index (χ1n) is 10.4. The molecule has 1 aliphatic rings. The molecular formula is C26H25N3O. The lowest BCUT2D eigenvalue weighted by molar-refractivity contribution is 0.122. The molecule has 0 aliphatic carbocycles. The highest BCUT2D eigenvalue weighted by Gasteiger charge is 2.38. The molecule has 0 amide bonds. The Morgan fingerprint density at radius 2 is 1.13 bits per heavy atom. The number of rotatable bonds is 5. The average molecular weight is 396 g/mol. The summed E-state index contributed by atoms with van der Waals surface area (Å²) in [5, 5.41) is 0. The van der Waals surface area contributed by atoms with Crippen molar-refractivity contribution in [1.29, 1.82) is 0 Å². The summed E-state index contributed by atoms with van der Waals surface area (Å²) in [4.78, 5) is 7.11. The Hall–Kier alpha value is -3.37. The topological polar surface area (TPSA) is 30.3 Å². The van der Waals surface area contributed by atoms with Crippen LogP contribution in [0, 0.1) is 0 Å². The van der Waals surface area contributed by atoms with Crippen LogP contribution in [0.15, 0.2) is 104 Å². The molecule has 0 saturated carbocycles. The summed E-state index contributed by atoms with van der Waals surface area (Å²) in [6.07, 6.45) is 4.15. The van der Waals surface area contributed by atoms with Gasteiger partial charge in [-0.15, -0.1) is 0 Å². The zero-order valence-corrected chi connectivity index (χ0v) is 16.9. The normalized spacial score (nSPS) is 14.6. The first-order valence-corrected chi connectivity index (χ1v) is 10.4. The van der Waals surface area contributed by atoms with Crippen LogP contribution in [0.2, 0.25) is 0 Å². The molecule has 1 fully saturated rings. The van der Waals surface area contributed by atoms with E-state index in [4.69, 9.17) is 9.72 Å². The van der Waals surface area contributed by atoms with E-state index in [1.807, 2.05) is 6.33 Å². The minimum atomic E-state index is -0.513. The van der Waals surface area contributed by atoms with E-state index in [1.54, 1.807) is 0 Å². The Balaban J connectivity index is 1.75. The van der Waals surface area contributed by atoms with Gasteiger partial charge < -0.3 is 14.2 Å². The van der Waals surface area contributed by atoms with Crippen LogP contribution in [0.3, 0.4) is 0 Å². The Morgan fingerprint density at radius 1 is 0.667 bits per heavy atom. The summed E-state index contributed by atoms with van der Waals surface area (Å²) in [5.41, 5.74) is 3.09. The van der Waals surface area contributed by atoms with Crippen LogP contribution < -0.4 is 4.90 Å². The molecule has 0 spiro atoms. The molecule has 5 rings (SSSR count). The summed E-state index contributed by atoms with van der Waals surface area (Å²) in [6, 6.07) is 32.1. The van der Waals surface area contributed by atoms with Gasteiger partial charge >= 0.3 is 0 Å². The van der Waals surface area contributed by atoms with Gasteiger partial charge in [0.15, 0.2) is 0 Å². The van der Waals surface area contributed by atoms with E-state index in [0.717, 1.165) is 32.1 Å². The molecule has 4 aromatic rings. The summed E-state index contributed by atoms with van der Waals surface area (Å²) < 4.78 is 7.79. The monoisotopic (exact) mass is 395 g/mol. The fourth-order valence-corrected chi connectivity index (χ4v) is 4.44. The highest BCUT2D eigenvalue weighted by atomic mass is 16.5. The second kappa shape index (κ2) is 8.17. The standard InChI is InChI=1S/C26H25N3O/c1-4-10-22(11-5-1)26(23-12-6-2-7-13-23,24-14-8-3-9-15-24)29-20-25(27-21-29)28-16-18-30-19-17-28/h1-15,20-21H,16-19H2. The fraction of sp³-hybridized carbons (Fsp3) is 0.192. The van der Waals surface area contributed by atoms with Crippen LogP contribution in [-0.2, 0) is 10.3 Å². The summed E-state index contributed by atoms with van der Waals surface area (Å²) in [7, 11) is 0. The van der Waals surface area contributed by atoms with E-state index >= 15 is 0 Å². The van der Waals surface area contributed by atoms with Gasteiger partial charge in [0.1, 0.15) is 11.4 Å². The van der Waals surface area contributed by atoms with Crippen molar-refractivity contribution >= 4 is 5.82 Å². The minimum Gasteiger partial charge on any atom is -0.378 e. The molecule has 150 valence electrons. The lowest BCUT2D eigenvalue weighted by Crippen LogP contribution is -2.38. The highest BCUT2D eigenvalue weighted by molar-refractivity contribution is 5.52. The van der Waals surface area contributed by atoms with Crippen molar-refractivity contribution in [1.82, 2.24) is 9.55 Å². The van der Waals surface area contributed by atoms with Crippen LogP contribution in [-0.4, -0.2) is 35.9 Å². The second-order valence-corrected chi connectivity index (χ2v) is 7.55. The molecule has 0 N–H and O–H groups in total. The smallest absolute Gasteiger partial charge is 0.146 e. The van der Waals surface area contributed by atoms with Gasteiger partial charge in [-0.3, -0.25) is 0 Å². The molecule has 30 heavy (non-hydrogen) atoms. The van der Waals surface area contributed by atoms with Gasteiger partial charge in [0.05, 0.1) is 19.5 Å². The zero-order valence-electron chi connectivity index (χ0n) is 16.9. The third kappa shape index (κ3) is 3.19. The van der Waals surface area contributed by atoms with Crippen molar-refractivity contribution in [2.24, 2.45) is 0 Å². The first kappa shape index (κ1) is 18.6. The number of benzene rings is 3. The van der Waals surface area contributed by atoms with Crippen molar-refractivity contribution in [2.45, 2.75) is 5.54 Å². The third-order valence-corrected chi connectivity index (χ3v) is 5.87. The second-order valence-electron chi connectivity index (χ2n) is 7.55. The van der Waals surface area contributed by atoms with Crippen LogP contribution >= 0.6 is 0 Å². The van der Waals surface area contributed by atoms with E-state index < -0.39 is 5.54 Å². The molecule has 0 atom stereocenters. The van der Waals surface area contributed by atoms with Gasteiger partial charge in [-0.05, 0) is 16.7 Å². The highest BCUT2D eigenvalue weighted by Crippen LogP contribution is 2.41. The molecule has 1 saturated heterocycles. The number of anilines is 1. The Bertz CT molecular complexity index is 974. The van der Waals surface area contributed by atoms with E-state index in [2.05, 4.69) is 107 Å². The van der Waals surface area contributed by atoms with E-state index in [1.165, 1.54) is 16.7 Å². The molecule has 3 aromatic carbocycles. The maximum Gasteiger partial charge on any atom is 0.146 e. The van der Waals surface area contributed by atoms with Gasteiger partial charge in [-0.25, -0.2) is 4.98 Å². The molecule has 0 radical (unpaired) electrons. The van der Waals surface area contributed by atoms with E-state index in [9.17, 15) is 0 Å². The number of aromatic nitrogens is 2. The molecule has 1 aliphatic heterocycles.